The van der Waals surface area contributed by atoms with Gasteiger partial charge in [-0.2, -0.15) is 5.26 Å². The molecule has 0 aliphatic carbocycles. The van der Waals surface area contributed by atoms with Crippen LogP contribution in [0.4, 0.5) is 11.4 Å². The van der Waals surface area contributed by atoms with Crippen LogP contribution in [0.15, 0.2) is 67.0 Å². The zero-order valence-electron chi connectivity index (χ0n) is 15.8. The van der Waals surface area contributed by atoms with Crippen molar-refractivity contribution in [3.05, 3.63) is 89.2 Å². The van der Waals surface area contributed by atoms with Crippen LogP contribution >= 0.6 is 0 Å². The number of aromatic nitrogens is 1. The van der Waals surface area contributed by atoms with Crippen molar-refractivity contribution in [2.24, 2.45) is 0 Å². The van der Waals surface area contributed by atoms with Crippen molar-refractivity contribution in [1.82, 2.24) is 4.98 Å². The van der Waals surface area contributed by atoms with Crippen LogP contribution in [0.2, 0.25) is 0 Å². The molecule has 1 N–H and O–H groups in total. The van der Waals surface area contributed by atoms with Crippen LogP contribution in [0, 0.1) is 11.3 Å². The highest BCUT2D eigenvalue weighted by Gasteiger charge is 2.31. The number of anilines is 2. The molecule has 6 heteroatoms. The lowest BCUT2D eigenvalue weighted by Gasteiger charge is -2.22. The fourth-order valence-corrected chi connectivity index (χ4v) is 3.58. The highest BCUT2D eigenvalue weighted by Crippen LogP contribution is 2.33. The molecule has 1 unspecified atom stereocenters. The lowest BCUT2D eigenvalue weighted by Crippen LogP contribution is -2.35. The van der Waals surface area contributed by atoms with Crippen molar-refractivity contribution in [2.75, 3.05) is 10.2 Å². The minimum absolute atomic E-state index is 0.0277. The number of nitrogens with one attached hydrogen (secondary N) is 1. The number of carbonyl (C=O) groups excluding carboxylic acids is 2. The van der Waals surface area contributed by atoms with Gasteiger partial charge in [-0.05, 0) is 43.2 Å². The van der Waals surface area contributed by atoms with Gasteiger partial charge in [0.25, 0.3) is 11.8 Å². The average molecular weight is 382 g/mol. The quantitative estimate of drug-likeness (QED) is 0.747. The number of pyridine rings is 1. The molecule has 1 atom stereocenters. The molecule has 0 bridgehead atoms. The Bertz CT molecular complexity index is 1150. The Morgan fingerprint density at radius 3 is 2.66 bits per heavy atom. The Balaban J connectivity index is 1.60. The fraction of sp³-hybridized carbons (Fsp3) is 0.130. The van der Waals surface area contributed by atoms with E-state index in [0.717, 1.165) is 17.7 Å². The Labute approximate surface area is 168 Å². The first-order valence-corrected chi connectivity index (χ1v) is 9.25. The van der Waals surface area contributed by atoms with E-state index >= 15 is 0 Å². The second kappa shape index (κ2) is 7.56. The molecule has 3 aromatic rings. The maximum Gasteiger partial charge on any atom is 0.260 e. The van der Waals surface area contributed by atoms with Gasteiger partial charge in [-0.3, -0.25) is 14.6 Å². The second-order valence-electron chi connectivity index (χ2n) is 6.93. The molecular weight excluding hydrogens is 364 g/mol. The van der Waals surface area contributed by atoms with E-state index < -0.39 is 5.91 Å². The number of nitrogens with zero attached hydrogens (tertiary/aromatic N) is 3. The van der Waals surface area contributed by atoms with Crippen molar-refractivity contribution in [3.8, 4) is 6.07 Å². The summed E-state index contributed by atoms with van der Waals surface area (Å²) in [7, 11) is 0. The maximum absolute atomic E-state index is 13.2. The van der Waals surface area contributed by atoms with Gasteiger partial charge in [0, 0.05) is 24.1 Å². The SMILES string of the molecule is CC1Cc2ccccc2N1C(=O)c1cncc(C(=O)Nc2ccccc2C#N)c1. The molecule has 2 amide bonds. The number of para-hydroxylation sites is 2. The van der Waals surface area contributed by atoms with E-state index in [1.807, 2.05) is 37.3 Å². The Hall–Kier alpha value is -3.98. The Kier molecular flexibility index (Phi) is 4.80. The van der Waals surface area contributed by atoms with Gasteiger partial charge in [0.15, 0.2) is 0 Å². The summed E-state index contributed by atoms with van der Waals surface area (Å²) < 4.78 is 0. The number of hydrogen-bond acceptors (Lipinski definition) is 4. The van der Waals surface area contributed by atoms with Crippen molar-refractivity contribution < 1.29 is 9.59 Å². The molecule has 29 heavy (non-hydrogen) atoms. The number of rotatable bonds is 3. The van der Waals surface area contributed by atoms with E-state index in [1.165, 1.54) is 18.5 Å². The van der Waals surface area contributed by atoms with E-state index in [4.69, 9.17) is 0 Å². The summed E-state index contributed by atoms with van der Waals surface area (Å²) in [6.07, 6.45) is 3.67. The monoisotopic (exact) mass is 382 g/mol. The predicted octanol–water partition coefficient (Wildman–Crippen LogP) is 3.80. The molecule has 1 aliphatic heterocycles. The average Bonchev–Trinajstić information content (AvgIpc) is 3.09. The number of nitriles is 1. The lowest BCUT2D eigenvalue weighted by atomic mass is 10.1. The van der Waals surface area contributed by atoms with E-state index in [9.17, 15) is 14.9 Å². The van der Waals surface area contributed by atoms with Crippen LogP contribution in [0.5, 0.6) is 0 Å². The molecule has 0 spiro atoms. The fourth-order valence-electron chi connectivity index (χ4n) is 3.58. The van der Waals surface area contributed by atoms with Crippen molar-refractivity contribution in [3.63, 3.8) is 0 Å². The molecular formula is C23H18N4O2. The van der Waals surface area contributed by atoms with Gasteiger partial charge in [-0.15, -0.1) is 0 Å². The largest absolute Gasteiger partial charge is 0.321 e. The second-order valence-corrected chi connectivity index (χ2v) is 6.93. The summed E-state index contributed by atoms with van der Waals surface area (Å²) in [5, 5.41) is 11.9. The highest BCUT2D eigenvalue weighted by atomic mass is 16.2. The molecule has 4 rings (SSSR count). The zero-order valence-corrected chi connectivity index (χ0v) is 15.8. The first kappa shape index (κ1) is 18.4. The normalized spacial score (nSPS) is 14.8. The number of amides is 2. The summed E-state index contributed by atoms with van der Waals surface area (Å²) in [5.41, 5.74) is 3.40. The van der Waals surface area contributed by atoms with Gasteiger partial charge in [0.1, 0.15) is 6.07 Å². The van der Waals surface area contributed by atoms with Crippen LogP contribution in [-0.2, 0) is 6.42 Å². The van der Waals surface area contributed by atoms with Gasteiger partial charge < -0.3 is 10.2 Å². The summed E-state index contributed by atoms with van der Waals surface area (Å²) in [4.78, 5) is 31.7. The van der Waals surface area contributed by atoms with Crippen molar-refractivity contribution >= 4 is 23.2 Å². The summed E-state index contributed by atoms with van der Waals surface area (Å²) in [5.74, 6) is -0.619. The van der Waals surface area contributed by atoms with Gasteiger partial charge in [-0.1, -0.05) is 30.3 Å². The topological polar surface area (TPSA) is 86.1 Å². The van der Waals surface area contributed by atoms with Crippen molar-refractivity contribution in [2.45, 2.75) is 19.4 Å². The van der Waals surface area contributed by atoms with Gasteiger partial charge in [0.2, 0.25) is 0 Å². The first-order valence-electron chi connectivity index (χ1n) is 9.25. The highest BCUT2D eigenvalue weighted by molar-refractivity contribution is 6.10. The predicted molar refractivity (Wildman–Crippen MR) is 110 cm³/mol. The lowest BCUT2D eigenvalue weighted by molar-refractivity contribution is 0.0981. The number of hydrogen-bond donors (Lipinski definition) is 1. The van der Waals surface area contributed by atoms with Crippen LogP contribution in [0.3, 0.4) is 0 Å². The van der Waals surface area contributed by atoms with Crippen LogP contribution < -0.4 is 10.2 Å². The molecule has 0 fully saturated rings. The van der Waals surface area contributed by atoms with E-state index in [2.05, 4.69) is 10.3 Å². The smallest absolute Gasteiger partial charge is 0.260 e. The molecule has 6 nitrogen and oxygen atoms in total. The first-order chi connectivity index (χ1) is 14.1. The van der Waals surface area contributed by atoms with E-state index in [0.29, 0.717) is 16.8 Å². The van der Waals surface area contributed by atoms with Gasteiger partial charge in [-0.25, -0.2) is 0 Å². The molecule has 2 aromatic carbocycles. The Morgan fingerprint density at radius 1 is 1.10 bits per heavy atom. The molecule has 142 valence electrons. The van der Waals surface area contributed by atoms with E-state index in [1.54, 1.807) is 29.2 Å². The third kappa shape index (κ3) is 3.46. The van der Waals surface area contributed by atoms with Gasteiger partial charge in [0.05, 0.1) is 22.4 Å². The third-order valence-electron chi connectivity index (χ3n) is 4.97. The molecule has 0 saturated carbocycles. The van der Waals surface area contributed by atoms with Gasteiger partial charge >= 0.3 is 0 Å². The molecule has 0 radical (unpaired) electrons. The summed E-state index contributed by atoms with van der Waals surface area (Å²) in [6, 6.07) is 18.2. The van der Waals surface area contributed by atoms with Crippen LogP contribution in [0.25, 0.3) is 0 Å². The summed E-state index contributed by atoms with van der Waals surface area (Å²) >= 11 is 0. The molecule has 1 aromatic heterocycles. The van der Waals surface area contributed by atoms with Crippen molar-refractivity contribution in [1.29, 1.82) is 5.26 Å². The number of carbonyl (C=O) groups is 2. The van der Waals surface area contributed by atoms with Crippen LogP contribution in [-0.4, -0.2) is 22.8 Å². The molecule has 1 aliphatic rings. The van der Waals surface area contributed by atoms with Crippen LogP contribution in [0.1, 0.15) is 38.8 Å². The number of fused-ring (bicyclic) bond motifs is 1. The number of benzene rings is 2. The third-order valence-corrected chi connectivity index (χ3v) is 4.97. The minimum Gasteiger partial charge on any atom is -0.321 e. The minimum atomic E-state index is -0.426. The maximum atomic E-state index is 13.2. The van der Waals surface area contributed by atoms with E-state index in [-0.39, 0.29) is 17.5 Å². The Morgan fingerprint density at radius 2 is 1.83 bits per heavy atom. The molecule has 2 heterocycles. The summed E-state index contributed by atoms with van der Waals surface area (Å²) in [6.45, 7) is 2.00. The standard InChI is InChI=1S/C23H18N4O2/c1-15-10-16-6-3-5-9-21(16)27(15)23(29)19-11-18(13-25-14-19)22(28)26-20-8-4-2-7-17(20)12-24/h2-9,11,13-15H,10H2,1H3,(H,26,28). The molecule has 0 saturated heterocycles. The zero-order chi connectivity index (χ0) is 20.4.